The first-order chi connectivity index (χ1) is 11.2. The van der Waals surface area contributed by atoms with Crippen LogP contribution in [0.5, 0.6) is 0 Å². The molecule has 2 N–H and O–H groups in total. The summed E-state index contributed by atoms with van der Waals surface area (Å²) in [6.45, 7) is 6.40. The quantitative estimate of drug-likeness (QED) is 0.824. The van der Waals surface area contributed by atoms with Crippen LogP contribution in [0.1, 0.15) is 37.7 Å². The monoisotopic (exact) mass is 338 g/mol. The van der Waals surface area contributed by atoms with Gasteiger partial charge in [-0.3, -0.25) is 4.79 Å². The number of hydrogen-bond donors (Lipinski definition) is 2. The van der Waals surface area contributed by atoms with Crippen LogP contribution in [0, 0.1) is 5.95 Å². The average Bonchev–Trinajstić information content (AvgIpc) is 2.95. The van der Waals surface area contributed by atoms with Crippen molar-refractivity contribution in [3.63, 3.8) is 0 Å². The minimum absolute atomic E-state index is 0.0161. The molecule has 1 saturated heterocycles. The number of ether oxygens (including phenoxy) is 1. The Morgan fingerprint density at radius 3 is 2.67 bits per heavy atom. The van der Waals surface area contributed by atoms with Crippen LogP contribution in [-0.4, -0.2) is 53.7 Å². The van der Waals surface area contributed by atoms with Gasteiger partial charge in [-0.05, 0) is 39.3 Å². The van der Waals surface area contributed by atoms with E-state index in [1.165, 1.54) is 19.2 Å². The van der Waals surface area contributed by atoms with E-state index in [1.54, 1.807) is 4.90 Å². The first kappa shape index (κ1) is 18.0. The zero-order chi connectivity index (χ0) is 17.9. The molecule has 1 atom stereocenters. The molecular weight excluding hydrogens is 315 g/mol. The topological polar surface area (TPSA) is 83.6 Å². The molecule has 1 aromatic rings. The van der Waals surface area contributed by atoms with Crippen LogP contribution >= 0.6 is 0 Å². The second-order valence-electron chi connectivity index (χ2n) is 6.67. The number of rotatable bonds is 3. The maximum absolute atomic E-state index is 14.0. The van der Waals surface area contributed by atoms with Crippen molar-refractivity contribution in [2.24, 2.45) is 0 Å². The van der Waals surface area contributed by atoms with Crippen LogP contribution in [0.15, 0.2) is 12.1 Å². The highest BCUT2D eigenvalue weighted by atomic mass is 19.1. The smallest absolute Gasteiger partial charge is 0.410 e. The molecule has 0 saturated carbocycles. The Labute approximate surface area is 140 Å². The fraction of sp³-hybridized carbons (Fsp3) is 0.562. The molecule has 0 bridgehead atoms. The van der Waals surface area contributed by atoms with E-state index in [2.05, 4.69) is 15.6 Å². The molecule has 2 amide bonds. The molecule has 7 nitrogen and oxygen atoms in total. The summed E-state index contributed by atoms with van der Waals surface area (Å²) in [5.74, 6) is -1.19. The van der Waals surface area contributed by atoms with Crippen molar-refractivity contribution in [3.8, 4) is 0 Å². The van der Waals surface area contributed by atoms with E-state index < -0.39 is 17.5 Å². The van der Waals surface area contributed by atoms with E-state index in [0.717, 1.165) is 0 Å². The summed E-state index contributed by atoms with van der Waals surface area (Å²) in [5.41, 5.74) is -0.324. The molecule has 2 rings (SSSR count). The molecule has 0 spiro atoms. The number of nitrogens with one attached hydrogen (secondary N) is 2. The highest BCUT2D eigenvalue weighted by Gasteiger charge is 2.30. The molecule has 0 aliphatic carbocycles. The first-order valence-electron chi connectivity index (χ1n) is 7.82. The van der Waals surface area contributed by atoms with Crippen LogP contribution in [0.3, 0.4) is 0 Å². The summed E-state index contributed by atoms with van der Waals surface area (Å²) in [6, 6.07) is 2.83. The van der Waals surface area contributed by atoms with E-state index in [1.807, 2.05) is 20.8 Å². The summed E-state index contributed by atoms with van der Waals surface area (Å²) >= 11 is 0. The van der Waals surface area contributed by atoms with Crippen molar-refractivity contribution in [3.05, 3.63) is 23.8 Å². The van der Waals surface area contributed by atoms with Crippen molar-refractivity contribution < 1.29 is 18.7 Å². The number of halogens is 1. The Kier molecular flexibility index (Phi) is 5.26. The number of carbonyl (C=O) groups is 2. The van der Waals surface area contributed by atoms with Crippen LogP contribution in [-0.2, 0) is 4.74 Å². The second kappa shape index (κ2) is 7.02. The molecule has 1 aliphatic heterocycles. The van der Waals surface area contributed by atoms with Crippen molar-refractivity contribution in [2.75, 3.05) is 25.5 Å². The summed E-state index contributed by atoms with van der Waals surface area (Å²) in [7, 11) is 1.46. The van der Waals surface area contributed by atoms with Crippen molar-refractivity contribution in [1.29, 1.82) is 0 Å². The first-order valence-corrected chi connectivity index (χ1v) is 7.82. The van der Waals surface area contributed by atoms with Gasteiger partial charge in [0.1, 0.15) is 11.3 Å². The number of hydrogen-bond acceptors (Lipinski definition) is 5. The maximum atomic E-state index is 14.0. The largest absolute Gasteiger partial charge is 0.444 e. The average molecular weight is 338 g/mol. The highest BCUT2D eigenvalue weighted by Crippen LogP contribution is 2.20. The molecule has 1 fully saturated rings. The molecule has 1 aliphatic rings. The number of nitrogens with zero attached hydrogens (tertiary/aromatic N) is 2. The van der Waals surface area contributed by atoms with Crippen molar-refractivity contribution in [2.45, 2.75) is 38.8 Å². The van der Waals surface area contributed by atoms with Crippen molar-refractivity contribution in [1.82, 2.24) is 15.2 Å². The van der Waals surface area contributed by atoms with Gasteiger partial charge in [-0.15, -0.1) is 0 Å². The minimum atomic E-state index is -0.744. The fourth-order valence-electron chi connectivity index (χ4n) is 2.39. The third kappa shape index (κ3) is 4.56. The van der Waals surface area contributed by atoms with Gasteiger partial charge in [0.2, 0.25) is 5.95 Å². The van der Waals surface area contributed by atoms with Gasteiger partial charge in [0.05, 0.1) is 5.69 Å². The Hall–Kier alpha value is -2.38. The normalized spacial score (nSPS) is 17.5. The third-order valence-corrected chi connectivity index (χ3v) is 3.51. The third-order valence-electron chi connectivity index (χ3n) is 3.51. The SMILES string of the molecule is CNC(=O)c1ccc(NC2CCN(C(=O)OC(C)(C)C)C2)c(F)n1. The highest BCUT2D eigenvalue weighted by molar-refractivity contribution is 5.92. The molecule has 2 heterocycles. The van der Waals surface area contributed by atoms with Gasteiger partial charge < -0.3 is 20.3 Å². The van der Waals surface area contributed by atoms with Gasteiger partial charge in [0.25, 0.3) is 5.91 Å². The molecule has 1 aromatic heterocycles. The zero-order valence-corrected chi connectivity index (χ0v) is 14.4. The molecule has 132 valence electrons. The standard InChI is InChI=1S/C16H23FN4O3/c1-16(2,3)24-15(23)21-8-7-10(9-21)19-11-5-6-12(14(22)18-4)20-13(11)17/h5-6,10,19H,7-9H2,1-4H3,(H,18,22). The number of amides is 2. The molecule has 8 heteroatoms. The number of carbonyl (C=O) groups excluding carboxylic acids is 2. The Morgan fingerprint density at radius 1 is 1.38 bits per heavy atom. The fourth-order valence-corrected chi connectivity index (χ4v) is 2.39. The van der Waals surface area contributed by atoms with Crippen molar-refractivity contribution >= 4 is 17.7 Å². The van der Waals surface area contributed by atoms with E-state index in [4.69, 9.17) is 4.74 Å². The van der Waals surface area contributed by atoms with Gasteiger partial charge in [0, 0.05) is 26.2 Å². The Morgan fingerprint density at radius 2 is 2.08 bits per heavy atom. The predicted molar refractivity (Wildman–Crippen MR) is 87.4 cm³/mol. The number of anilines is 1. The lowest BCUT2D eigenvalue weighted by Gasteiger charge is -2.24. The predicted octanol–water partition coefficient (Wildman–Crippen LogP) is 2.00. The Balaban J connectivity index is 1.96. The van der Waals surface area contributed by atoms with Gasteiger partial charge in [0.15, 0.2) is 0 Å². The second-order valence-corrected chi connectivity index (χ2v) is 6.67. The molecule has 0 radical (unpaired) electrons. The lowest BCUT2D eigenvalue weighted by molar-refractivity contribution is 0.0293. The summed E-state index contributed by atoms with van der Waals surface area (Å²) in [4.78, 5) is 28.7. The van der Waals surface area contributed by atoms with E-state index in [-0.39, 0.29) is 23.5 Å². The lowest BCUT2D eigenvalue weighted by Crippen LogP contribution is -2.36. The van der Waals surface area contributed by atoms with Crippen LogP contribution in [0.25, 0.3) is 0 Å². The lowest BCUT2D eigenvalue weighted by atomic mass is 10.2. The molecule has 24 heavy (non-hydrogen) atoms. The van der Waals surface area contributed by atoms with Crippen LogP contribution < -0.4 is 10.6 Å². The van der Waals surface area contributed by atoms with Gasteiger partial charge in [-0.1, -0.05) is 0 Å². The summed E-state index contributed by atoms with van der Waals surface area (Å²) in [6.07, 6.45) is 0.302. The number of aromatic nitrogens is 1. The summed E-state index contributed by atoms with van der Waals surface area (Å²) in [5, 5.41) is 5.41. The van der Waals surface area contributed by atoms with Gasteiger partial charge in [-0.2, -0.15) is 4.39 Å². The zero-order valence-electron chi connectivity index (χ0n) is 14.4. The minimum Gasteiger partial charge on any atom is -0.444 e. The van der Waals surface area contributed by atoms with Crippen LogP contribution in [0.4, 0.5) is 14.9 Å². The van der Waals surface area contributed by atoms with E-state index in [0.29, 0.717) is 19.5 Å². The van der Waals surface area contributed by atoms with E-state index in [9.17, 15) is 14.0 Å². The maximum Gasteiger partial charge on any atom is 0.410 e. The number of likely N-dealkylation sites (tertiary alicyclic amines) is 1. The summed E-state index contributed by atoms with van der Waals surface area (Å²) < 4.78 is 19.3. The molecular formula is C16H23FN4O3. The van der Waals surface area contributed by atoms with Gasteiger partial charge >= 0.3 is 6.09 Å². The molecule has 1 unspecified atom stereocenters. The number of pyridine rings is 1. The van der Waals surface area contributed by atoms with Gasteiger partial charge in [-0.25, -0.2) is 9.78 Å². The van der Waals surface area contributed by atoms with E-state index >= 15 is 0 Å². The van der Waals surface area contributed by atoms with Crippen LogP contribution in [0.2, 0.25) is 0 Å². The molecule has 0 aromatic carbocycles. The Bertz CT molecular complexity index is 630.